The van der Waals surface area contributed by atoms with E-state index in [0.29, 0.717) is 16.3 Å². The first-order valence-electron chi connectivity index (χ1n) is 7.86. The lowest BCUT2D eigenvalue weighted by molar-refractivity contribution is -0.132. The van der Waals surface area contributed by atoms with E-state index in [1.807, 2.05) is 0 Å². The number of ether oxygens (including phenoxy) is 1. The second kappa shape index (κ2) is 6.46. The number of rotatable bonds is 4. The predicted molar refractivity (Wildman–Crippen MR) is 96.2 cm³/mol. The monoisotopic (exact) mass is 373 g/mol. The summed E-state index contributed by atoms with van der Waals surface area (Å²) in [4.78, 5) is 37.9. The van der Waals surface area contributed by atoms with E-state index in [9.17, 15) is 19.5 Å². The maximum Gasteiger partial charge on any atom is 0.335 e. The van der Waals surface area contributed by atoms with Gasteiger partial charge in [0.25, 0.3) is 5.91 Å². The van der Waals surface area contributed by atoms with E-state index in [1.165, 1.54) is 23.1 Å². The molecule has 1 N–H and O–H groups in total. The van der Waals surface area contributed by atoms with Crippen molar-refractivity contribution in [3.8, 4) is 5.75 Å². The molecule has 1 aliphatic heterocycles. The molecule has 134 valence electrons. The fourth-order valence-electron chi connectivity index (χ4n) is 2.73. The maximum atomic E-state index is 12.8. The van der Waals surface area contributed by atoms with Crippen LogP contribution in [0, 0.1) is 0 Å². The zero-order valence-electron chi connectivity index (χ0n) is 14.2. The van der Waals surface area contributed by atoms with Gasteiger partial charge < -0.3 is 9.84 Å². The summed E-state index contributed by atoms with van der Waals surface area (Å²) in [5, 5.41) is 9.70. The number of carboxylic acid groups (broad SMARTS) is 1. The zero-order valence-corrected chi connectivity index (χ0v) is 14.9. The normalized spacial score (nSPS) is 15.2. The number of Topliss-reactive ketones (excluding diaryl/α,β-unsaturated/α-hetero) is 1. The van der Waals surface area contributed by atoms with Crippen molar-refractivity contribution < 1.29 is 24.2 Å². The van der Waals surface area contributed by atoms with E-state index in [4.69, 9.17) is 16.3 Å². The first-order valence-corrected chi connectivity index (χ1v) is 8.24. The summed E-state index contributed by atoms with van der Waals surface area (Å²) in [6.45, 7) is 2.97. The molecule has 0 bridgehead atoms. The van der Waals surface area contributed by atoms with Crippen molar-refractivity contribution in [1.29, 1.82) is 0 Å². The van der Waals surface area contributed by atoms with Crippen LogP contribution < -0.4 is 9.64 Å². The fraction of sp³-hybridized carbons (Fsp3) is 0.211. The molecule has 3 rings (SSSR count). The lowest BCUT2D eigenvalue weighted by atomic mass is 10.0. The van der Waals surface area contributed by atoms with Crippen molar-refractivity contribution in [2.24, 2.45) is 0 Å². The van der Waals surface area contributed by atoms with Crippen LogP contribution in [-0.4, -0.2) is 34.9 Å². The van der Waals surface area contributed by atoms with Gasteiger partial charge in [0.15, 0.2) is 11.4 Å². The smallest absolute Gasteiger partial charge is 0.335 e. The molecule has 0 atom stereocenters. The van der Waals surface area contributed by atoms with E-state index in [1.54, 1.807) is 38.1 Å². The van der Waals surface area contributed by atoms with Gasteiger partial charge in [-0.25, -0.2) is 4.79 Å². The Kier molecular flexibility index (Phi) is 4.46. The molecule has 6 nitrogen and oxygen atoms in total. The molecule has 0 aromatic heterocycles. The number of fused-ring (bicyclic) bond motifs is 1. The molecule has 1 aliphatic rings. The van der Waals surface area contributed by atoms with Crippen LogP contribution in [0.15, 0.2) is 42.5 Å². The van der Waals surface area contributed by atoms with Crippen molar-refractivity contribution in [2.45, 2.75) is 19.4 Å². The van der Waals surface area contributed by atoms with Gasteiger partial charge in [-0.1, -0.05) is 11.6 Å². The van der Waals surface area contributed by atoms with Crippen molar-refractivity contribution in [3.05, 3.63) is 58.6 Å². The van der Waals surface area contributed by atoms with Gasteiger partial charge in [-0.05, 0) is 56.3 Å². The second-order valence-corrected chi connectivity index (χ2v) is 6.86. The van der Waals surface area contributed by atoms with Gasteiger partial charge in [0.05, 0.1) is 17.8 Å². The van der Waals surface area contributed by atoms with Gasteiger partial charge in [-0.15, -0.1) is 0 Å². The summed E-state index contributed by atoms with van der Waals surface area (Å²) >= 11 is 5.83. The third-order valence-electron chi connectivity index (χ3n) is 4.09. The Hall–Kier alpha value is -2.86. The Morgan fingerprint density at radius 1 is 1.12 bits per heavy atom. The van der Waals surface area contributed by atoms with E-state index in [2.05, 4.69) is 0 Å². The van der Waals surface area contributed by atoms with Crippen LogP contribution in [0.2, 0.25) is 5.02 Å². The Balaban J connectivity index is 2.00. The Morgan fingerprint density at radius 2 is 1.73 bits per heavy atom. The van der Waals surface area contributed by atoms with E-state index < -0.39 is 17.5 Å². The summed E-state index contributed by atoms with van der Waals surface area (Å²) in [5.74, 6) is -1.49. The molecular formula is C19H16ClNO5. The van der Waals surface area contributed by atoms with Crippen molar-refractivity contribution in [2.75, 3.05) is 11.4 Å². The van der Waals surface area contributed by atoms with E-state index >= 15 is 0 Å². The number of carbonyl (C=O) groups excluding carboxylic acids is 2. The number of carbonyl (C=O) groups is 3. The molecule has 0 aliphatic carbocycles. The summed E-state index contributed by atoms with van der Waals surface area (Å²) in [7, 11) is 0. The van der Waals surface area contributed by atoms with Crippen LogP contribution in [-0.2, 0) is 4.79 Å². The molecule has 1 heterocycles. The highest BCUT2D eigenvalue weighted by Crippen LogP contribution is 2.38. The molecule has 7 heteroatoms. The van der Waals surface area contributed by atoms with Crippen molar-refractivity contribution in [1.82, 2.24) is 0 Å². The third kappa shape index (κ3) is 3.28. The summed E-state index contributed by atoms with van der Waals surface area (Å²) in [6.07, 6.45) is 0. The van der Waals surface area contributed by atoms with Crippen molar-refractivity contribution in [3.63, 3.8) is 0 Å². The highest BCUT2D eigenvalue weighted by molar-refractivity contribution is 6.30. The van der Waals surface area contributed by atoms with Gasteiger partial charge in [-0.3, -0.25) is 14.5 Å². The lowest BCUT2D eigenvalue weighted by Crippen LogP contribution is -2.53. The topological polar surface area (TPSA) is 83.9 Å². The minimum Gasteiger partial charge on any atom is -0.478 e. The lowest BCUT2D eigenvalue weighted by Gasteiger charge is -2.38. The fourth-order valence-corrected chi connectivity index (χ4v) is 2.85. The molecule has 2 aromatic carbocycles. The Labute approximate surface area is 154 Å². The van der Waals surface area contributed by atoms with Crippen LogP contribution in [0.25, 0.3) is 0 Å². The summed E-state index contributed by atoms with van der Waals surface area (Å²) in [5.41, 5.74) is -0.499. The molecule has 0 radical (unpaired) electrons. The quantitative estimate of drug-likeness (QED) is 0.830. The second-order valence-electron chi connectivity index (χ2n) is 6.42. The number of benzene rings is 2. The zero-order chi connectivity index (χ0) is 19.1. The number of carboxylic acids is 1. The average Bonchev–Trinajstić information content (AvgIpc) is 2.58. The molecule has 0 unspecified atom stereocenters. The minimum atomic E-state index is -1.17. The molecule has 0 fully saturated rings. The van der Waals surface area contributed by atoms with Crippen LogP contribution in [0.1, 0.15) is 34.6 Å². The van der Waals surface area contributed by atoms with Crippen LogP contribution in [0.4, 0.5) is 5.69 Å². The number of halogens is 1. The van der Waals surface area contributed by atoms with E-state index in [0.717, 1.165) is 0 Å². The first kappa shape index (κ1) is 17.9. The SMILES string of the molecule is CC1(C)Oc2ccc(C(=O)O)cc2N(CC(=O)c2ccc(Cl)cc2)C1=O. The Bertz CT molecular complexity index is 905. The van der Waals surface area contributed by atoms with Crippen LogP contribution in [0.5, 0.6) is 5.75 Å². The van der Waals surface area contributed by atoms with Gasteiger partial charge in [0.1, 0.15) is 5.75 Å². The molecule has 1 amide bonds. The number of nitrogens with zero attached hydrogens (tertiary/aromatic N) is 1. The number of anilines is 1. The van der Waals surface area contributed by atoms with E-state index in [-0.39, 0.29) is 23.6 Å². The van der Waals surface area contributed by atoms with Gasteiger partial charge in [0, 0.05) is 10.6 Å². The highest BCUT2D eigenvalue weighted by atomic mass is 35.5. The maximum absolute atomic E-state index is 12.8. The Morgan fingerprint density at radius 3 is 2.35 bits per heavy atom. The van der Waals surface area contributed by atoms with Crippen molar-refractivity contribution >= 4 is 34.9 Å². The number of aromatic carboxylic acids is 1. The highest BCUT2D eigenvalue weighted by Gasteiger charge is 2.41. The minimum absolute atomic E-state index is 0.00352. The summed E-state index contributed by atoms with van der Waals surface area (Å²) in [6, 6.07) is 10.6. The number of hydrogen-bond donors (Lipinski definition) is 1. The molecule has 0 saturated carbocycles. The van der Waals surface area contributed by atoms with Gasteiger partial charge in [-0.2, -0.15) is 0 Å². The largest absolute Gasteiger partial charge is 0.478 e. The van der Waals surface area contributed by atoms with Crippen LogP contribution in [0.3, 0.4) is 0 Å². The standard InChI is InChI=1S/C19H16ClNO5/c1-19(2)18(25)21(10-15(22)11-3-6-13(20)7-4-11)14-9-12(17(23)24)5-8-16(14)26-19/h3-9H,10H2,1-2H3,(H,23,24). The molecule has 26 heavy (non-hydrogen) atoms. The summed E-state index contributed by atoms with van der Waals surface area (Å²) < 4.78 is 5.69. The molecule has 0 saturated heterocycles. The van der Waals surface area contributed by atoms with Gasteiger partial charge >= 0.3 is 5.97 Å². The molecular weight excluding hydrogens is 358 g/mol. The predicted octanol–water partition coefficient (Wildman–Crippen LogP) is 3.43. The first-order chi connectivity index (χ1) is 12.2. The molecule has 0 spiro atoms. The third-order valence-corrected chi connectivity index (χ3v) is 4.34. The number of amides is 1. The van der Waals surface area contributed by atoms with Crippen LogP contribution >= 0.6 is 11.6 Å². The average molecular weight is 374 g/mol. The molecule has 2 aromatic rings. The van der Waals surface area contributed by atoms with Gasteiger partial charge in [0.2, 0.25) is 0 Å². The number of hydrogen-bond acceptors (Lipinski definition) is 4. The number of ketones is 1.